The van der Waals surface area contributed by atoms with Crippen LogP contribution in [0.4, 0.5) is 14.5 Å². The van der Waals surface area contributed by atoms with E-state index in [9.17, 15) is 18.9 Å². The van der Waals surface area contributed by atoms with Gasteiger partial charge in [-0.15, -0.1) is 0 Å². The fraction of sp³-hybridized carbons (Fsp3) is 0.111. The molecular formula is C9H4F2N4O2. The second kappa shape index (κ2) is 5.44. The number of halogens is 2. The number of nitro groups is 1. The van der Waals surface area contributed by atoms with E-state index in [1.54, 1.807) is 0 Å². The monoisotopic (exact) mass is 238 g/mol. The molecule has 6 nitrogen and oxygen atoms in total. The molecule has 0 heterocycles. The SMILES string of the molecule is [N-]=[N+]=NCC#Cc1cc(F)c([N+](=O)[O-])c(F)c1. The summed E-state index contributed by atoms with van der Waals surface area (Å²) in [5.74, 6) is 2.04. The minimum atomic E-state index is -1.30. The van der Waals surface area contributed by atoms with Crippen LogP contribution in [-0.2, 0) is 0 Å². The van der Waals surface area contributed by atoms with Crippen molar-refractivity contribution in [2.24, 2.45) is 5.11 Å². The van der Waals surface area contributed by atoms with E-state index in [1.807, 2.05) is 0 Å². The normalized spacial score (nSPS) is 8.82. The van der Waals surface area contributed by atoms with E-state index in [-0.39, 0.29) is 12.1 Å². The fourth-order valence-corrected chi connectivity index (χ4v) is 1.02. The molecule has 1 aromatic rings. The molecule has 0 amide bonds. The number of azide groups is 1. The van der Waals surface area contributed by atoms with Crippen molar-refractivity contribution < 1.29 is 13.7 Å². The molecule has 0 N–H and O–H groups in total. The molecule has 0 spiro atoms. The average molecular weight is 238 g/mol. The first-order chi connectivity index (χ1) is 8.06. The number of rotatable bonds is 2. The molecule has 0 radical (unpaired) electrons. The third-order valence-electron chi connectivity index (χ3n) is 1.65. The first-order valence-electron chi connectivity index (χ1n) is 4.19. The van der Waals surface area contributed by atoms with Crippen molar-refractivity contribution in [2.45, 2.75) is 0 Å². The van der Waals surface area contributed by atoms with E-state index >= 15 is 0 Å². The molecule has 86 valence electrons. The quantitative estimate of drug-likeness (QED) is 0.198. The Morgan fingerprint density at radius 1 is 1.47 bits per heavy atom. The predicted octanol–water partition coefficient (Wildman–Crippen LogP) is 2.53. The largest absolute Gasteiger partial charge is 0.340 e. The van der Waals surface area contributed by atoms with Crippen molar-refractivity contribution in [3.8, 4) is 11.8 Å². The molecule has 0 aliphatic carbocycles. The zero-order chi connectivity index (χ0) is 12.8. The maximum Gasteiger partial charge on any atom is 0.340 e. The Bertz CT molecular complexity index is 547. The summed E-state index contributed by atoms with van der Waals surface area (Å²) in [7, 11) is 0. The van der Waals surface area contributed by atoms with E-state index in [0.29, 0.717) is 0 Å². The lowest BCUT2D eigenvalue weighted by Gasteiger charge is -1.96. The van der Waals surface area contributed by atoms with Crippen LogP contribution in [0.2, 0.25) is 0 Å². The molecule has 0 aromatic heterocycles. The highest BCUT2D eigenvalue weighted by molar-refractivity contribution is 5.43. The number of benzene rings is 1. The molecule has 0 saturated heterocycles. The summed E-state index contributed by atoms with van der Waals surface area (Å²) in [5, 5.41) is 13.4. The van der Waals surface area contributed by atoms with Gasteiger partial charge < -0.3 is 0 Å². The van der Waals surface area contributed by atoms with E-state index in [0.717, 1.165) is 12.1 Å². The molecule has 0 aliphatic heterocycles. The third kappa shape index (κ3) is 3.15. The van der Waals surface area contributed by atoms with Gasteiger partial charge in [-0.05, 0) is 17.7 Å². The Labute approximate surface area is 93.6 Å². The van der Waals surface area contributed by atoms with Crippen LogP contribution in [0.25, 0.3) is 10.4 Å². The third-order valence-corrected chi connectivity index (χ3v) is 1.65. The molecule has 0 aliphatic rings. The number of hydrogen-bond donors (Lipinski definition) is 0. The van der Waals surface area contributed by atoms with Gasteiger partial charge in [0.2, 0.25) is 11.6 Å². The molecular weight excluding hydrogens is 234 g/mol. The first kappa shape index (κ1) is 12.4. The van der Waals surface area contributed by atoms with Crippen molar-refractivity contribution in [2.75, 3.05) is 6.54 Å². The second-order valence-electron chi connectivity index (χ2n) is 2.74. The molecule has 17 heavy (non-hydrogen) atoms. The van der Waals surface area contributed by atoms with Crippen molar-refractivity contribution >= 4 is 5.69 Å². The summed E-state index contributed by atoms with van der Waals surface area (Å²) in [6.07, 6.45) is 0. The van der Waals surface area contributed by atoms with Gasteiger partial charge in [0.25, 0.3) is 0 Å². The van der Waals surface area contributed by atoms with Gasteiger partial charge in [0.1, 0.15) is 0 Å². The van der Waals surface area contributed by atoms with Crippen molar-refractivity contribution in [3.63, 3.8) is 0 Å². The Kier molecular flexibility index (Phi) is 3.97. The Morgan fingerprint density at radius 3 is 2.53 bits per heavy atom. The van der Waals surface area contributed by atoms with Gasteiger partial charge >= 0.3 is 5.69 Å². The minimum Gasteiger partial charge on any atom is -0.258 e. The Morgan fingerprint density at radius 2 is 2.06 bits per heavy atom. The van der Waals surface area contributed by atoms with E-state index in [1.165, 1.54) is 0 Å². The summed E-state index contributed by atoms with van der Waals surface area (Å²) in [5.41, 5.74) is 6.66. The van der Waals surface area contributed by atoms with Gasteiger partial charge in [-0.25, -0.2) is 0 Å². The van der Waals surface area contributed by atoms with Crippen LogP contribution >= 0.6 is 0 Å². The van der Waals surface area contributed by atoms with Crippen LogP contribution in [0.3, 0.4) is 0 Å². The van der Waals surface area contributed by atoms with Crippen molar-refractivity contribution in [3.05, 3.63) is 49.9 Å². The van der Waals surface area contributed by atoms with E-state index < -0.39 is 22.2 Å². The zero-order valence-corrected chi connectivity index (χ0v) is 8.22. The molecule has 0 saturated carbocycles. The highest BCUT2D eigenvalue weighted by atomic mass is 19.1. The Balaban J connectivity index is 3.09. The van der Waals surface area contributed by atoms with Crippen molar-refractivity contribution in [1.29, 1.82) is 0 Å². The molecule has 0 atom stereocenters. The molecule has 1 aromatic carbocycles. The van der Waals surface area contributed by atoms with Gasteiger partial charge in [0.05, 0.1) is 11.5 Å². The predicted molar refractivity (Wildman–Crippen MR) is 53.9 cm³/mol. The van der Waals surface area contributed by atoms with Crippen LogP contribution in [0.1, 0.15) is 5.56 Å². The van der Waals surface area contributed by atoms with Gasteiger partial charge in [-0.1, -0.05) is 17.0 Å². The molecule has 8 heteroatoms. The lowest BCUT2D eigenvalue weighted by molar-refractivity contribution is -0.390. The van der Waals surface area contributed by atoms with Crippen LogP contribution in [-0.4, -0.2) is 11.5 Å². The smallest absolute Gasteiger partial charge is 0.258 e. The molecule has 0 unspecified atom stereocenters. The summed E-state index contributed by atoms with van der Waals surface area (Å²) in [6.45, 7) is -0.156. The standard InChI is InChI=1S/C9H4F2N4O2/c10-7-4-6(2-1-3-13-14-12)5-8(11)9(7)15(16)17/h4-5H,3H2. The maximum absolute atomic E-state index is 13.1. The van der Waals surface area contributed by atoms with Crippen LogP contribution in [0, 0.1) is 33.6 Å². The number of hydrogen-bond acceptors (Lipinski definition) is 3. The highest BCUT2D eigenvalue weighted by Gasteiger charge is 2.21. The average Bonchev–Trinajstić information content (AvgIpc) is 2.23. The minimum absolute atomic E-state index is 0.0706. The topological polar surface area (TPSA) is 91.9 Å². The maximum atomic E-state index is 13.1. The first-order valence-corrected chi connectivity index (χ1v) is 4.19. The summed E-state index contributed by atoms with van der Waals surface area (Å²) in [4.78, 5) is 11.6. The molecule has 0 bridgehead atoms. The number of nitrogens with zero attached hydrogens (tertiary/aromatic N) is 4. The molecule has 0 fully saturated rings. The zero-order valence-electron chi connectivity index (χ0n) is 8.22. The van der Waals surface area contributed by atoms with Crippen LogP contribution in [0.5, 0.6) is 0 Å². The van der Waals surface area contributed by atoms with Crippen molar-refractivity contribution in [1.82, 2.24) is 0 Å². The summed E-state index contributed by atoms with van der Waals surface area (Å²) >= 11 is 0. The van der Waals surface area contributed by atoms with Gasteiger partial charge in [-0.3, -0.25) is 10.1 Å². The lowest BCUT2D eigenvalue weighted by Crippen LogP contribution is -1.97. The highest BCUT2D eigenvalue weighted by Crippen LogP contribution is 2.22. The van der Waals surface area contributed by atoms with E-state index in [4.69, 9.17) is 5.53 Å². The lowest BCUT2D eigenvalue weighted by atomic mass is 10.2. The summed E-state index contributed by atoms with van der Waals surface area (Å²) < 4.78 is 26.2. The van der Waals surface area contributed by atoms with E-state index in [2.05, 4.69) is 21.9 Å². The van der Waals surface area contributed by atoms with Crippen LogP contribution < -0.4 is 0 Å². The van der Waals surface area contributed by atoms with Gasteiger partial charge in [0.15, 0.2) is 0 Å². The van der Waals surface area contributed by atoms with Gasteiger partial charge in [-0.2, -0.15) is 8.78 Å². The summed E-state index contributed by atoms with van der Waals surface area (Å²) in [6, 6.07) is 1.48. The fourth-order valence-electron chi connectivity index (χ4n) is 1.02. The number of nitro benzene ring substituents is 1. The van der Waals surface area contributed by atoms with Crippen LogP contribution in [0.15, 0.2) is 17.2 Å². The Hall–Kier alpha value is -2.65. The molecule has 1 rings (SSSR count). The second-order valence-corrected chi connectivity index (χ2v) is 2.74. The van der Waals surface area contributed by atoms with Gasteiger partial charge in [0, 0.05) is 10.5 Å².